The first-order valence-corrected chi connectivity index (χ1v) is 9.69. The van der Waals surface area contributed by atoms with E-state index in [0.717, 1.165) is 62.6 Å². The first-order chi connectivity index (χ1) is 12.6. The first kappa shape index (κ1) is 17.4. The number of ether oxygens (including phenoxy) is 1. The van der Waals surface area contributed by atoms with Gasteiger partial charge in [-0.3, -0.25) is 4.90 Å². The summed E-state index contributed by atoms with van der Waals surface area (Å²) in [5, 5.41) is 14.6. The zero-order chi connectivity index (χ0) is 18.1. The average Bonchev–Trinajstić information content (AvgIpc) is 3.06. The third kappa shape index (κ3) is 3.45. The fourth-order valence-corrected chi connectivity index (χ4v) is 4.38. The van der Waals surface area contributed by atoms with Crippen LogP contribution >= 0.6 is 0 Å². The summed E-state index contributed by atoms with van der Waals surface area (Å²) in [6.45, 7) is 5.08. The minimum absolute atomic E-state index is 0.303. The lowest BCUT2D eigenvalue weighted by Gasteiger charge is -2.32. The predicted molar refractivity (Wildman–Crippen MR) is 99.6 cm³/mol. The lowest BCUT2D eigenvalue weighted by Crippen LogP contribution is -2.34. The van der Waals surface area contributed by atoms with Crippen LogP contribution in [0, 0.1) is 5.92 Å². The molecule has 0 amide bonds. The maximum absolute atomic E-state index is 10.3. The van der Waals surface area contributed by atoms with E-state index >= 15 is 0 Å². The van der Waals surface area contributed by atoms with Gasteiger partial charge in [0.15, 0.2) is 0 Å². The topological polar surface area (TPSA) is 58.7 Å². The number of rotatable bonds is 4. The molecular weight excluding hydrogens is 328 g/mol. The summed E-state index contributed by atoms with van der Waals surface area (Å²) in [6.07, 6.45) is 5.67. The van der Waals surface area contributed by atoms with E-state index in [-0.39, 0.29) is 0 Å². The predicted octanol–water partition coefficient (Wildman–Crippen LogP) is 3.89. The van der Waals surface area contributed by atoms with Crippen LogP contribution in [0.5, 0.6) is 11.5 Å². The summed E-state index contributed by atoms with van der Waals surface area (Å²) in [5.41, 5.74) is 3.51. The third-order valence-corrected chi connectivity index (χ3v) is 5.89. The van der Waals surface area contributed by atoms with Crippen molar-refractivity contribution in [2.24, 2.45) is 5.92 Å². The molecule has 0 unspecified atom stereocenters. The summed E-state index contributed by atoms with van der Waals surface area (Å²) < 4.78 is 11.0. The summed E-state index contributed by atoms with van der Waals surface area (Å²) >= 11 is 0. The second-order valence-electron chi connectivity index (χ2n) is 7.89. The molecule has 0 saturated carbocycles. The Morgan fingerprint density at radius 3 is 3.04 bits per heavy atom. The van der Waals surface area contributed by atoms with Crippen LogP contribution in [0.3, 0.4) is 0 Å². The molecule has 1 aliphatic carbocycles. The lowest BCUT2D eigenvalue weighted by atomic mass is 9.84. The van der Waals surface area contributed by atoms with Gasteiger partial charge in [-0.25, -0.2) is 0 Å². The van der Waals surface area contributed by atoms with Crippen molar-refractivity contribution in [1.29, 1.82) is 0 Å². The second-order valence-corrected chi connectivity index (χ2v) is 7.89. The molecule has 140 valence electrons. The molecule has 2 atom stereocenters. The highest BCUT2D eigenvalue weighted by Crippen LogP contribution is 2.36. The zero-order valence-corrected chi connectivity index (χ0v) is 15.7. The molecule has 0 radical (unpaired) electrons. The maximum Gasteiger partial charge on any atom is 0.144 e. The molecule has 5 heteroatoms. The van der Waals surface area contributed by atoms with Crippen molar-refractivity contribution >= 4 is 0 Å². The largest absolute Gasteiger partial charge is 0.507 e. The van der Waals surface area contributed by atoms with Crippen LogP contribution in [-0.4, -0.2) is 35.4 Å². The van der Waals surface area contributed by atoms with Crippen LogP contribution in [-0.2, 0) is 19.4 Å². The Kier molecular flexibility index (Phi) is 4.90. The third-order valence-electron chi connectivity index (χ3n) is 5.89. The summed E-state index contributed by atoms with van der Waals surface area (Å²) in [5.74, 6) is 3.24. The van der Waals surface area contributed by atoms with E-state index in [9.17, 15) is 5.11 Å². The van der Waals surface area contributed by atoms with Crippen molar-refractivity contribution in [3.63, 3.8) is 0 Å². The summed E-state index contributed by atoms with van der Waals surface area (Å²) in [4.78, 5) is 2.41. The van der Waals surface area contributed by atoms with Crippen LogP contribution in [0.15, 0.2) is 22.7 Å². The quantitative estimate of drug-likeness (QED) is 0.900. The van der Waals surface area contributed by atoms with Crippen LogP contribution in [0.2, 0.25) is 0 Å². The Hall–Kier alpha value is -2.01. The minimum atomic E-state index is 0.303. The van der Waals surface area contributed by atoms with E-state index in [1.807, 2.05) is 12.1 Å². The molecule has 1 aliphatic heterocycles. The highest BCUT2D eigenvalue weighted by molar-refractivity contribution is 5.39. The number of phenols is 1. The fraction of sp³-hybridized carbons (Fsp3) is 0.571. The highest BCUT2D eigenvalue weighted by Gasteiger charge is 2.31. The van der Waals surface area contributed by atoms with Crippen molar-refractivity contribution in [2.75, 3.05) is 20.2 Å². The van der Waals surface area contributed by atoms with Gasteiger partial charge in [0, 0.05) is 36.2 Å². The smallest absolute Gasteiger partial charge is 0.144 e. The first-order valence-electron chi connectivity index (χ1n) is 9.69. The number of piperidine rings is 1. The lowest BCUT2D eigenvalue weighted by molar-refractivity contribution is 0.181. The van der Waals surface area contributed by atoms with Crippen LogP contribution in [0.25, 0.3) is 0 Å². The van der Waals surface area contributed by atoms with E-state index in [1.165, 1.54) is 17.7 Å². The van der Waals surface area contributed by atoms with Crippen LogP contribution < -0.4 is 4.74 Å². The van der Waals surface area contributed by atoms with Gasteiger partial charge in [0.05, 0.1) is 12.8 Å². The molecule has 1 N–H and O–H groups in total. The number of benzene rings is 1. The second kappa shape index (κ2) is 7.31. The van der Waals surface area contributed by atoms with Crippen molar-refractivity contribution in [3.05, 3.63) is 40.8 Å². The molecule has 2 aliphatic rings. The number of aryl methyl sites for hydroxylation is 1. The van der Waals surface area contributed by atoms with Crippen LogP contribution in [0.4, 0.5) is 0 Å². The number of aromatic nitrogens is 1. The standard InChI is InChI=1S/C21H28N2O3/c1-14-5-8-19-18(10-14)21(26-22-19)16-4-3-9-23(13-16)12-15-6-7-17(25-2)11-20(15)24/h6-7,11,14,16,24H,3-5,8-10,12-13H2,1-2H3/t14-,16+/m1/s1. The fourth-order valence-electron chi connectivity index (χ4n) is 4.38. The van der Waals surface area contributed by atoms with Gasteiger partial charge in [-0.15, -0.1) is 0 Å². The molecule has 1 saturated heterocycles. The maximum atomic E-state index is 10.3. The molecule has 26 heavy (non-hydrogen) atoms. The molecule has 1 aromatic carbocycles. The molecule has 5 nitrogen and oxygen atoms in total. The minimum Gasteiger partial charge on any atom is -0.507 e. The van der Waals surface area contributed by atoms with Crippen molar-refractivity contribution in [1.82, 2.24) is 10.1 Å². The number of nitrogens with zero attached hydrogens (tertiary/aromatic N) is 2. The molecule has 1 aromatic heterocycles. The molecule has 0 spiro atoms. The van der Waals surface area contributed by atoms with Crippen molar-refractivity contribution < 1.29 is 14.4 Å². The SMILES string of the molecule is COc1ccc(CN2CCC[C@H](c3onc4c3C[C@H](C)CC4)C2)c(O)c1. The van der Waals surface area contributed by atoms with Gasteiger partial charge in [-0.2, -0.15) is 0 Å². The Bertz CT molecular complexity index is 771. The van der Waals surface area contributed by atoms with Gasteiger partial charge in [-0.05, 0) is 50.6 Å². The Balaban J connectivity index is 1.47. The van der Waals surface area contributed by atoms with E-state index in [0.29, 0.717) is 17.4 Å². The van der Waals surface area contributed by atoms with Crippen molar-refractivity contribution in [3.8, 4) is 11.5 Å². The van der Waals surface area contributed by atoms with Gasteiger partial charge in [0.1, 0.15) is 17.3 Å². The number of hydrogen-bond acceptors (Lipinski definition) is 5. The van der Waals surface area contributed by atoms with E-state index in [4.69, 9.17) is 9.26 Å². The van der Waals surface area contributed by atoms with Crippen LogP contribution in [0.1, 0.15) is 54.7 Å². The van der Waals surface area contributed by atoms with E-state index in [2.05, 4.69) is 17.0 Å². The normalized spacial score (nSPS) is 23.6. The Morgan fingerprint density at radius 1 is 1.35 bits per heavy atom. The van der Waals surface area contributed by atoms with Gasteiger partial charge in [0.25, 0.3) is 0 Å². The Labute approximate surface area is 154 Å². The molecule has 2 aromatic rings. The zero-order valence-electron chi connectivity index (χ0n) is 15.7. The number of likely N-dealkylation sites (tertiary alicyclic amines) is 1. The summed E-state index contributed by atoms with van der Waals surface area (Å²) in [7, 11) is 1.61. The number of methoxy groups -OCH3 is 1. The van der Waals surface area contributed by atoms with Gasteiger partial charge < -0.3 is 14.4 Å². The molecule has 2 heterocycles. The van der Waals surface area contributed by atoms with Gasteiger partial charge in [0.2, 0.25) is 0 Å². The molecular formula is C21H28N2O3. The number of fused-ring (bicyclic) bond motifs is 1. The van der Waals surface area contributed by atoms with Gasteiger partial charge >= 0.3 is 0 Å². The number of aromatic hydroxyl groups is 1. The highest BCUT2D eigenvalue weighted by atomic mass is 16.5. The number of phenolic OH excluding ortho intramolecular Hbond substituents is 1. The monoisotopic (exact) mass is 356 g/mol. The molecule has 1 fully saturated rings. The average molecular weight is 356 g/mol. The molecule has 0 bridgehead atoms. The van der Waals surface area contributed by atoms with E-state index < -0.39 is 0 Å². The van der Waals surface area contributed by atoms with E-state index in [1.54, 1.807) is 13.2 Å². The van der Waals surface area contributed by atoms with Crippen molar-refractivity contribution in [2.45, 2.75) is 51.5 Å². The molecule has 4 rings (SSSR count). The Morgan fingerprint density at radius 2 is 2.23 bits per heavy atom. The number of hydrogen-bond donors (Lipinski definition) is 1. The van der Waals surface area contributed by atoms with Gasteiger partial charge in [-0.1, -0.05) is 18.1 Å². The summed E-state index contributed by atoms with van der Waals surface area (Å²) in [6, 6.07) is 5.55.